The first-order chi connectivity index (χ1) is 13.9. The summed E-state index contributed by atoms with van der Waals surface area (Å²) in [6, 6.07) is 12.4. The summed E-state index contributed by atoms with van der Waals surface area (Å²) < 4.78 is 14.1. The number of carbonyl (C=O) groups excluding carboxylic acids is 1. The largest absolute Gasteiger partial charge is 0.856 e. The maximum Gasteiger partial charge on any atom is 0.427 e. The number of rotatable bonds is 6. The molecule has 0 unspecified atom stereocenters. The highest BCUT2D eigenvalue weighted by molar-refractivity contribution is 5.95. The second-order valence-electron chi connectivity index (χ2n) is 6.27. The SMILES string of the molecule is CN=C([O-])c1c(=O)n(N=Cc2ccc(F)cc2)[nH][n+]1CC(=O)c1ccc(C)cc1. The van der Waals surface area contributed by atoms with Crippen LogP contribution in [-0.2, 0) is 6.54 Å². The summed E-state index contributed by atoms with van der Waals surface area (Å²) in [4.78, 5) is 29.5. The number of halogens is 1. The normalized spacial score (nSPS) is 11.9. The minimum atomic E-state index is -0.779. The predicted octanol–water partition coefficient (Wildman–Crippen LogP) is 0.413. The average Bonchev–Trinajstić information content (AvgIpc) is 3.02. The quantitative estimate of drug-likeness (QED) is 0.283. The van der Waals surface area contributed by atoms with E-state index >= 15 is 0 Å². The van der Waals surface area contributed by atoms with Gasteiger partial charge in [-0.2, -0.15) is 0 Å². The Morgan fingerprint density at radius 2 is 1.86 bits per heavy atom. The van der Waals surface area contributed by atoms with Gasteiger partial charge in [0, 0.05) is 23.3 Å². The predicted molar refractivity (Wildman–Crippen MR) is 103 cm³/mol. The van der Waals surface area contributed by atoms with Gasteiger partial charge in [-0.1, -0.05) is 52.3 Å². The molecule has 0 amide bonds. The minimum Gasteiger partial charge on any atom is -0.856 e. The van der Waals surface area contributed by atoms with E-state index in [1.54, 1.807) is 24.3 Å². The Bertz CT molecular complexity index is 1140. The van der Waals surface area contributed by atoms with E-state index in [9.17, 15) is 19.1 Å². The van der Waals surface area contributed by atoms with Crippen LogP contribution in [0.15, 0.2) is 63.4 Å². The summed E-state index contributed by atoms with van der Waals surface area (Å²) >= 11 is 0. The molecule has 148 valence electrons. The zero-order valence-corrected chi connectivity index (χ0v) is 15.8. The molecule has 3 aromatic rings. The van der Waals surface area contributed by atoms with Crippen LogP contribution in [-0.4, -0.2) is 34.9 Å². The number of aromatic amines is 1. The van der Waals surface area contributed by atoms with Crippen LogP contribution >= 0.6 is 0 Å². The molecule has 2 aromatic carbocycles. The van der Waals surface area contributed by atoms with E-state index in [1.165, 1.54) is 37.5 Å². The summed E-state index contributed by atoms with van der Waals surface area (Å²) in [7, 11) is 1.26. The van der Waals surface area contributed by atoms with Crippen molar-refractivity contribution in [3.63, 3.8) is 0 Å². The number of hydrogen-bond donors (Lipinski definition) is 1. The van der Waals surface area contributed by atoms with E-state index in [1.807, 2.05) is 6.92 Å². The maximum atomic E-state index is 13.0. The Labute approximate surface area is 165 Å². The molecule has 0 aliphatic rings. The van der Waals surface area contributed by atoms with Gasteiger partial charge in [-0.3, -0.25) is 9.79 Å². The second-order valence-corrected chi connectivity index (χ2v) is 6.27. The van der Waals surface area contributed by atoms with E-state index < -0.39 is 17.3 Å². The van der Waals surface area contributed by atoms with E-state index in [4.69, 9.17) is 0 Å². The van der Waals surface area contributed by atoms with Gasteiger partial charge in [-0.05, 0) is 24.6 Å². The highest BCUT2D eigenvalue weighted by atomic mass is 19.1. The Hall–Kier alpha value is -3.88. The third-order valence-electron chi connectivity index (χ3n) is 4.15. The molecule has 3 rings (SSSR count). The van der Waals surface area contributed by atoms with Crippen LogP contribution < -0.4 is 15.3 Å². The Morgan fingerprint density at radius 1 is 1.21 bits per heavy atom. The number of nitrogens with zero attached hydrogens (tertiary/aromatic N) is 4. The van der Waals surface area contributed by atoms with Crippen molar-refractivity contribution in [1.29, 1.82) is 0 Å². The fraction of sp³-hybridized carbons (Fsp3) is 0.150. The molecular formula is C20H18FN5O3. The van der Waals surface area contributed by atoms with Gasteiger partial charge in [-0.25, -0.2) is 9.18 Å². The van der Waals surface area contributed by atoms with Gasteiger partial charge in [0.1, 0.15) is 5.82 Å². The molecule has 0 saturated heterocycles. The Kier molecular flexibility index (Phi) is 5.77. The first-order valence-electron chi connectivity index (χ1n) is 8.68. The molecule has 0 bridgehead atoms. The van der Waals surface area contributed by atoms with Gasteiger partial charge in [0.15, 0.2) is 6.54 Å². The number of H-pyrrole nitrogens is 1. The molecule has 0 fully saturated rings. The summed E-state index contributed by atoms with van der Waals surface area (Å²) in [5, 5.41) is 18.7. The highest BCUT2D eigenvalue weighted by Crippen LogP contribution is 2.04. The smallest absolute Gasteiger partial charge is 0.427 e. The summed E-state index contributed by atoms with van der Waals surface area (Å²) in [6.07, 6.45) is 1.32. The standard InChI is InChI=1S/C20H18FN5O3/c1-13-3-7-15(8-4-13)17(27)12-25-18(19(28)22-2)20(29)26(24-25)23-11-14-5-9-16(21)10-6-14/h3-11H,12H2,1-2H3,(H-,22,24,28,29). The molecule has 0 radical (unpaired) electrons. The van der Waals surface area contributed by atoms with Crippen LogP contribution in [0, 0.1) is 12.7 Å². The molecule has 1 heterocycles. The van der Waals surface area contributed by atoms with Crippen molar-refractivity contribution in [3.8, 4) is 0 Å². The number of aryl methyl sites for hydroxylation is 1. The highest BCUT2D eigenvalue weighted by Gasteiger charge is 2.24. The third kappa shape index (κ3) is 4.52. The van der Waals surface area contributed by atoms with Crippen molar-refractivity contribution in [2.45, 2.75) is 13.5 Å². The minimum absolute atomic E-state index is 0.270. The molecule has 0 spiro atoms. The number of hydrogen-bond acceptors (Lipinski definition) is 5. The molecule has 29 heavy (non-hydrogen) atoms. The summed E-state index contributed by atoms with van der Waals surface area (Å²) in [5.41, 5.74) is 0.922. The number of aliphatic imine (C=N–C) groups is 1. The molecule has 0 aliphatic carbocycles. The first-order valence-corrected chi connectivity index (χ1v) is 8.68. The lowest BCUT2D eigenvalue weighted by Crippen LogP contribution is -2.48. The molecule has 1 N–H and O–H groups in total. The van der Waals surface area contributed by atoms with Gasteiger partial charge in [0.05, 0.1) is 6.21 Å². The van der Waals surface area contributed by atoms with Gasteiger partial charge >= 0.3 is 5.56 Å². The molecule has 1 aromatic heterocycles. The summed E-state index contributed by atoms with van der Waals surface area (Å²) in [5.74, 6) is -1.47. The second kappa shape index (κ2) is 8.42. The molecule has 0 saturated carbocycles. The van der Waals surface area contributed by atoms with Gasteiger partial charge in [0.25, 0.3) is 5.69 Å². The van der Waals surface area contributed by atoms with Gasteiger partial charge < -0.3 is 5.11 Å². The van der Waals surface area contributed by atoms with Gasteiger partial charge in [-0.15, -0.1) is 4.68 Å². The molecule has 8 nitrogen and oxygen atoms in total. The van der Waals surface area contributed by atoms with Crippen molar-refractivity contribution in [2.75, 3.05) is 7.05 Å². The van der Waals surface area contributed by atoms with Crippen LogP contribution in [0.25, 0.3) is 0 Å². The molecule has 0 atom stereocenters. The molecular weight excluding hydrogens is 377 g/mol. The fourth-order valence-electron chi connectivity index (χ4n) is 2.58. The van der Waals surface area contributed by atoms with Crippen molar-refractivity contribution in [1.82, 2.24) is 10.0 Å². The lowest BCUT2D eigenvalue weighted by Gasteiger charge is -2.05. The molecule has 0 aliphatic heterocycles. The average molecular weight is 395 g/mol. The maximum absolute atomic E-state index is 13.0. The van der Waals surface area contributed by atoms with Crippen LogP contribution in [0.1, 0.15) is 27.2 Å². The van der Waals surface area contributed by atoms with Crippen molar-refractivity contribution < 1.29 is 19.0 Å². The van der Waals surface area contributed by atoms with Crippen molar-refractivity contribution >= 4 is 17.9 Å². The van der Waals surface area contributed by atoms with E-state index in [-0.39, 0.29) is 18.0 Å². The Balaban J connectivity index is 1.94. The van der Waals surface area contributed by atoms with E-state index in [2.05, 4.69) is 15.3 Å². The number of nitrogens with one attached hydrogen (secondary N) is 1. The van der Waals surface area contributed by atoms with E-state index in [0.717, 1.165) is 15.0 Å². The fourth-order valence-corrected chi connectivity index (χ4v) is 2.58. The van der Waals surface area contributed by atoms with E-state index in [0.29, 0.717) is 11.1 Å². The summed E-state index contributed by atoms with van der Waals surface area (Å²) in [6.45, 7) is 1.63. The van der Waals surface area contributed by atoms with Crippen molar-refractivity contribution in [3.05, 3.63) is 87.1 Å². The van der Waals surface area contributed by atoms with Crippen LogP contribution in [0.2, 0.25) is 0 Å². The van der Waals surface area contributed by atoms with Crippen LogP contribution in [0.5, 0.6) is 0 Å². The topological polar surface area (TPSA) is 107 Å². The van der Waals surface area contributed by atoms with Crippen molar-refractivity contribution in [2.24, 2.45) is 10.1 Å². The first kappa shape index (κ1) is 19.9. The number of ketones is 1. The van der Waals surface area contributed by atoms with Gasteiger partial charge in [0.2, 0.25) is 5.78 Å². The zero-order valence-electron chi connectivity index (χ0n) is 15.8. The monoisotopic (exact) mass is 395 g/mol. The number of benzene rings is 2. The number of carbonyl (C=O) groups is 1. The van der Waals surface area contributed by atoms with Crippen LogP contribution in [0.4, 0.5) is 4.39 Å². The van der Waals surface area contributed by atoms with Crippen LogP contribution in [0.3, 0.4) is 0 Å². The lowest BCUT2D eigenvalue weighted by atomic mass is 10.1. The number of Topliss-reactive ketones (excluding diaryl/α,β-unsaturated/α-hetero) is 1. The zero-order chi connectivity index (χ0) is 21.0. The molecule has 9 heteroatoms. The number of aromatic nitrogens is 3. The Morgan fingerprint density at radius 3 is 2.48 bits per heavy atom. The lowest BCUT2D eigenvalue weighted by molar-refractivity contribution is -0.745. The third-order valence-corrected chi connectivity index (χ3v) is 4.15.